The third kappa shape index (κ3) is 3.45. The predicted molar refractivity (Wildman–Crippen MR) is 72.0 cm³/mol. The second-order valence-electron chi connectivity index (χ2n) is 3.97. The average Bonchev–Trinajstić information content (AvgIpc) is 2.36. The van der Waals surface area contributed by atoms with Crippen LogP contribution in [0.25, 0.3) is 0 Å². The highest BCUT2D eigenvalue weighted by molar-refractivity contribution is 6.36. The number of nitrogens with zero attached hydrogens (tertiary/aromatic N) is 3. The van der Waals surface area contributed by atoms with Gasteiger partial charge in [0.1, 0.15) is 0 Å². The summed E-state index contributed by atoms with van der Waals surface area (Å²) in [5.74, 6) is -0.311. The van der Waals surface area contributed by atoms with Crippen LogP contribution in [-0.2, 0) is 13.2 Å². The molecule has 0 spiro atoms. The molecule has 0 saturated heterocycles. The molecule has 0 radical (unpaired) electrons. The topological polar surface area (TPSA) is 59.8 Å². The molecular formula is C11H7Cl2F3N4O. The van der Waals surface area contributed by atoms with Crippen LogP contribution >= 0.6 is 23.2 Å². The lowest BCUT2D eigenvalue weighted by Crippen LogP contribution is -2.24. The fourth-order valence-corrected chi connectivity index (χ4v) is 1.84. The van der Waals surface area contributed by atoms with Gasteiger partial charge < -0.3 is 5.32 Å². The van der Waals surface area contributed by atoms with Crippen LogP contribution in [-0.4, -0.2) is 14.5 Å². The fraction of sp³-hybridized carbons (Fsp3) is 0.182. The number of hydrogen-bond donors (Lipinski definition) is 1. The first-order valence-corrected chi connectivity index (χ1v) is 6.17. The van der Waals surface area contributed by atoms with E-state index < -0.39 is 17.4 Å². The molecule has 2 aromatic heterocycles. The van der Waals surface area contributed by atoms with E-state index in [1.165, 1.54) is 19.3 Å². The van der Waals surface area contributed by atoms with Crippen molar-refractivity contribution in [3.05, 3.63) is 44.4 Å². The van der Waals surface area contributed by atoms with E-state index in [2.05, 4.69) is 15.3 Å². The Morgan fingerprint density at radius 3 is 2.52 bits per heavy atom. The van der Waals surface area contributed by atoms with Gasteiger partial charge >= 0.3 is 6.18 Å². The highest BCUT2D eigenvalue weighted by Gasteiger charge is 2.34. The van der Waals surface area contributed by atoms with Gasteiger partial charge in [0.05, 0.1) is 10.0 Å². The van der Waals surface area contributed by atoms with Crippen LogP contribution in [0, 0.1) is 0 Å². The highest BCUT2D eigenvalue weighted by atomic mass is 35.5. The highest BCUT2D eigenvalue weighted by Crippen LogP contribution is 2.29. The largest absolute Gasteiger partial charge is 0.433 e. The molecule has 0 unspecified atom stereocenters. The van der Waals surface area contributed by atoms with Crippen LogP contribution < -0.4 is 10.9 Å². The number of pyridine rings is 1. The molecule has 0 saturated carbocycles. The van der Waals surface area contributed by atoms with Gasteiger partial charge in [0.15, 0.2) is 11.5 Å². The van der Waals surface area contributed by atoms with Gasteiger partial charge in [-0.2, -0.15) is 13.2 Å². The van der Waals surface area contributed by atoms with Gasteiger partial charge in [-0.1, -0.05) is 23.2 Å². The maximum Gasteiger partial charge on any atom is 0.433 e. The molecule has 0 amide bonds. The lowest BCUT2D eigenvalue weighted by Gasteiger charge is -2.13. The summed E-state index contributed by atoms with van der Waals surface area (Å²) >= 11 is 11.5. The summed E-state index contributed by atoms with van der Waals surface area (Å²) in [4.78, 5) is 18.7. The molecule has 0 bridgehead atoms. The van der Waals surface area contributed by atoms with Gasteiger partial charge in [-0.05, 0) is 6.07 Å². The van der Waals surface area contributed by atoms with E-state index in [0.717, 1.165) is 4.57 Å². The third-order valence-corrected chi connectivity index (χ3v) is 2.96. The van der Waals surface area contributed by atoms with Gasteiger partial charge in [0.25, 0.3) is 5.56 Å². The van der Waals surface area contributed by atoms with Gasteiger partial charge in [0, 0.05) is 19.3 Å². The zero-order valence-corrected chi connectivity index (χ0v) is 11.9. The minimum atomic E-state index is -4.74. The van der Waals surface area contributed by atoms with Crippen molar-refractivity contribution in [2.75, 3.05) is 5.32 Å². The molecule has 112 valence electrons. The zero-order valence-electron chi connectivity index (χ0n) is 10.4. The van der Waals surface area contributed by atoms with Crippen LogP contribution in [0.5, 0.6) is 0 Å². The van der Waals surface area contributed by atoms with E-state index in [1.54, 1.807) is 0 Å². The normalized spacial score (nSPS) is 11.5. The number of hydrogen-bond acceptors (Lipinski definition) is 4. The smallest absolute Gasteiger partial charge is 0.309 e. The molecule has 10 heteroatoms. The van der Waals surface area contributed by atoms with Crippen molar-refractivity contribution in [2.24, 2.45) is 7.05 Å². The Hall–Kier alpha value is -1.80. The lowest BCUT2D eigenvalue weighted by atomic mass is 10.4. The number of alkyl halides is 3. The molecule has 0 atom stereocenters. The predicted octanol–water partition coefficient (Wildman–Crippen LogP) is 3.24. The Kier molecular flexibility index (Phi) is 4.11. The van der Waals surface area contributed by atoms with Crippen molar-refractivity contribution in [3.63, 3.8) is 0 Å². The minimum Gasteiger partial charge on any atom is -0.309 e. The molecule has 0 aliphatic rings. The van der Waals surface area contributed by atoms with E-state index in [-0.39, 0.29) is 21.8 Å². The summed E-state index contributed by atoms with van der Waals surface area (Å²) in [6.45, 7) is 0. The van der Waals surface area contributed by atoms with Gasteiger partial charge in [-0.15, -0.1) is 0 Å². The van der Waals surface area contributed by atoms with Crippen LogP contribution in [0.1, 0.15) is 5.69 Å². The molecular weight excluding hydrogens is 332 g/mol. The fourth-order valence-electron chi connectivity index (χ4n) is 1.41. The second kappa shape index (κ2) is 5.53. The van der Waals surface area contributed by atoms with E-state index in [0.29, 0.717) is 6.07 Å². The first-order valence-electron chi connectivity index (χ1n) is 5.42. The quantitative estimate of drug-likeness (QED) is 0.913. The SMILES string of the molecule is Cn1c(Nc2ncc(Cl)cc2Cl)nc(C(F)(F)F)cc1=O. The Bertz CT molecular complexity index is 745. The molecule has 21 heavy (non-hydrogen) atoms. The second-order valence-corrected chi connectivity index (χ2v) is 4.81. The minimum absolute atomic E-state index is 0.0305. The van der Waals surface area contributed by atoms with E-state index in [4.69, 9.17) is 23.2 Å². The monoisotopic (exact) mass is 338 g/mol. The van der Waals surface area contributed by atoms with Crippen molar-refractivity contribution < 1.29 is 13.2 Å². The number of aromatic nitrogens is 3. The van der Waals surface area contributed by atoms with Crippen LogP contribution in [0.2, 0.25) is 10.0 Å². The summed E-state index contributed by atoms with van der Waals surface area (Å²) in [5.41, 5.74) is -2.18. The van der Waals surface area contributed by atoms with E-state index in [9.17, 15) is 18.0 Å². The lowest BCUT2D eigenvalue weighted by molar-refractivity contribution is -0.141. The molecule has 2 heterocycles. The number of anilines is 2. The van der Waals surface area contributed by atoms with Crippen molar-refractivity contribution in [2.45, 2.75) is 6.18 Å². The molecule has 0 aromatic carbocycles. The Labute approximate surface area is 126 Å². The summed E-state index contributed by atoms with van der Waals surface area (Å²) in [7, 11) is 1.27. The van der Waals surface area contributed by atoms with E-state index >= 15 is 0 Å². The van der Waals surface area contributed by atoms with Gasteiger partial charge in [-0.3, -0.25) is 9.36 Å². The summed E-state index contributed by atoms with van der Waals surface area (Å²) in [6, 6.07) is 1.76. The first-order chi connectivity index (χ1) is 9.68. The van der Waals surface area contributed by atoms with Crippen molar-refractivity contribution in [1.29, 1.82) is 0 Å². The summed E-state index contributed by atoms with van der Waals surface area (Å²) in [5, 5.41) is 2.81. The van der Waals surface area contributed by atoms with Crippen LogP contribution in [0.15, 0.2) is 23.1 Å². The summed E-state index contributed by atoms with van der Waals surface area (Å²) < 4.78 is 38.9. The number of nitrogens with one attached hydrogen (secondary N) is 1. The third-order valence-electron chi connectivity index (χ3n) is 2.46. The van der Waals surface area contributed by atoms with Crippen molar-refractivity contribution in [3.8, 4) is 0 Å². The first kappa shape index (κ1) is 15.6. The maximum absolute atomic E-state index is 12.7. The molecule has 5 nitrogen and oxygen atoms in total. The molecule has 0 aliphatic heterocycles. The van der Waals surface area contributed by atoms with Gasteiger partial charge in [0.2, 0.25) is 5.95 Å². The standard InChI is InChI=1S/C11H7Cl2F3N4O/c1-20-8(21)3-7(11(14,15)16)18-10(20)19-9-6(13)2-5(12)4-17-9/h2-4H,1H3,(H,17,18,19). The van der Waals surface area contributed by atoms with Crippen LogP contribution in [0.4, 0.5) is 24.9 Å². The number of rotatable bonds is 2. The zero-order chi connectivity index (χ0) is 15.8. The Balaban J connectivity index is 2.49. The molecule has 2 rings (SSSR count). The Morgan fingerprint density at radius 1 is 1.29 bits per heavy atom. The molecule has 2 aromatic rings. The summed E-state index contributed by atoms with van der Waals surface area (Å²) in [6.07, 6.45) is -3.48. The molecule has 0 aliphatic carbocycles. The average molecular weight is 339 g/mol. The van der Waals surface area contributed by atoms with E-state index in [1.807, 2.05) is 0 Å². The molecule has 0 fully saturated rings. The molecule has 1 N–H and O–H groups in total. The Morgan fingerprint density at radius 2 is 1.95 bits per heavy atom. The van der Waals surface area contributed by atoms with Crippen molar-refractivity contribution >= 4 is 35.0 Å². The number of halogens is 5. The van der Waals surface area contributed by atoms with Crippen molar-refractivity contribution in [1.82, 2.24) is 14.5 Å². The van der Waals surface area contributed by atoms with Crippen LogP contribution in [0.3, 0.4) is 0 Å². The van der Waals surface area contributed by atoms with Gasteiger partial charge in [-0.25, -0.2) is 9.97 Å². The maximum atomic E-state index is 12.7.